The van der Waals surface area contributed by atoms with Crippen molar-refractivity contribution in [3.8, 4) is 5.75 Å². The number of carbonyl (C=O) groups is 1. The lowest BCUT2D eigenvalue weighted by Gasteiger charge is -2.14. The van der Waals surface area contributed by atoms with Gasteiger partial charge >= 0.3 is 0 Å². The summed E-state index contributed by atoms with van der Waals surface area (Å²) in [6.07, 6.45) is 1.41. The molecule has 0 spiro atoms. The van der Waals surface area contributed by atoms with Crippen LogP contribution >= 0.6 is 45.2 Å². The maximum absolute atomic E-state index is 12.0. The lowest BCUT2D eigenvalue weighted by molar-refractivity contribution is 0.0950. The number of halogens is 2. The van der Waals surface area contributed by atoms with Crippen LogP contribution in [0.15, 0.2) is 23.3 Å². The first-order valence-electron chi connectivity index (χ1n) is 6.76. The molecule has 122 valence electrons. The van der Waals surface area contributed by atoms with Crippen LogP contribution in [0.5, 0.6) is 5.75 Å². The fraction of sp³-hybridized carbons (Fsp3) is 0.267. The SMILES string of the molecule is CC(C)(C)c1cc(C(=O)NN=Cc2cc(I)cc(I)c2O)n[nH]1. The molecule has 0 saturated carbocycles. The molecule has 3 N–H and O–H groups in total. The molecule has 1 heterocycles. The molecule has 0 bridgehead atoms. The first-order chi connectivity index (χ1) is 10.7. The number of aromatic nitrogens is 2. The molecule has 0 radical (unpaired) electrons. The van der Waals surface area contributed by atoms with Crippen molar-refractivity contribution < 1.29 is 9.90 Å². The number of nitrogens with zero attached hydrogens (tertiary/aromatic N) is 2. The summed E-state index contributed by atoms with van der Waals surface area (Å²) in [6.45, 7) is 6.09. The number of aromatic amines is 1. The zero-order valence-corrected chi connectivity index (χ0v) is 17.1. The molecule has 0 atom stereocenters. The van der Waals surface area contributed by atoms with Crippen LogP contribution in [0.1, 0.15) is 42.5 Å². The van der Waals surface area contributed by atoms with Gasteiger partial charge in [-0.15, -0.1) is 0 Å². The second kappa shape index (κ2) is 7.16. The number of phenolic OH excluding ortho intramolecular Hbond substituents is 1. The Bertz CT molecular complexity index is 763. The molecule has 1 amide bonds. The zero-order chi connectivity index (χ0) is 17.2. The second-order valence-electron chi connectivity index (χ2n) is 5.94. The summed E-state index contributed by atoms with van der Waals surface area (Å²) in [5, 5.41) is 20.7. The van der Waals surface area contributed by atoms with Gasteiger partial charge in [0, 0.05) is 20.2 Å². The molecule has 0 aliphatic heterocycles. The highest BCUT2D eigenvalue weighted by Gasteiger charge is 2.19. The summed E-state index contributed by atoms with van der Waals surface area (Å²) in [4.78, 5) is 12.0. The molecule has 0 aliphatic carbocycles. The minimum absolute atomic E-state index is 0.113. The molecule has 6 nitrogen and oxygen atoms in total. The third-order valence-corrected chi connectivity index (χ3v) is 4.49. The van der Waals surface area contributed by atoms with Crippen LogP contribution in [-0.4, -0.2) is 27.4 Å². The molecular formula is C15H16I2N4O2. The number of hydrogen-bond acceptors (Lipinski definition) is 4. The molecule has 0 saturated heterocycles. The molecule has 23 heavy (non-hydrogen) atoms. The van der Waals surface area contributed by atoms with Gasteiger partial charge in [-0.3, -0.25) is 9.89 Å². The van der Waals surface area contributed by atoms with Crippen LogP contribution in [-0.2, 0) is 5.41 Å². The standard InChI is InChI=1S/C15H16I2N4O2/c1-15(2,3)12-6-11(19-20-12)14(23)21-18-7-8-4-9(16)5-10(17)13(8)22/h4-7,22H,1-3H3,(H,19,20)(H,21,23). The average molecular weight is 538 g/mol. The number of nitrogens with one attached hydrogen (secondary N) is 2. The van der Waals surface area contributed by atoms with Crippen molar-refractivity contribution >= 4 is 57.3 Å². The summed E-state index contributed by atoms with van der Waals surface area (Å²) in [7, 11) is 0. The van der Waals surface area contributed by atoms with E-state index in [4.69, 9.17) is 0 Å². The van der Waals surface area contributed by atoms with Gasteiger partial charge in [0.05, 0.1) is 9.78 Å². The number of hydrogen-bond donors (Lipinski definition) is 3. The summed E-state index contributed by atoms with van der Waals surface area (Å²) >= 11 is 4.20. The Labute approximate surface area is 161 Å². The smallest absolute Gasteiger partial charge is 0.291 e. The van der Waals surface area contributed by atoms with E-state index in [1.807, 2.05) is 49.4 Å². The van der Waals surface area contributed by atoms with Crippen molar-refractivity contribution in [1.29, 1.82) is 0 Å². The maximum Gasteiger partial charge on any atom is 0.291 e. The lowest BCUT2D eigenvalue weighted by atomic mass is 9.92. The zero-order valence-electron chi connectivity index (χ0n) is 12.8. The Hall–Kier alpha value is -1.17. The predicted molar refractivity (Wildman–Crippen MR) is 106 cm³/mol. The van der Waals surface area contributed by atoms with E-state index in [0.717, 1.165) is 12.8 Å². The van der Waals surface area contributed by atoms with Gasteiger partial charge in [-0.05, 0) is 63.4 Å². The minimum Gasteiger partial charge on any atom is -0.506 e. The number of amides is 1. The summed E-state index contributed by atoms with van der Waals surface area (Å²) < 4.78 is 1.70. The van der Waals surface area contributed by atoms with Crippen LogP contribution in [0, 0.1) is 7.14 Å². The summed E-state index contributed by atoms with van der Waals surface area (Å²) in [5.41, 5.74) is 3.98. The Balaban J connectivity index is 2.09. The molecule has 0 aliphatic rings. The third-order valence-electron chi connectivity index (χ3n) is 3.05. The molecule has 1 aromatic carbocycles. The van der Waals surface area contributed by atoms with Crippen molar-refractivity contribution in [2.45, 2.75) is 26.2 Å². The topological polar surface area (TPSA) is 90.4 Å². The van der Waals surface area contributed by atoms with Crippen LogP contribution in [0.2, 0.25) is 0 Å². The largest absolute Gasteiger partial charge is 0.506 e. The number of aromatic hydroxyl groups is 1. The highest BCUT2D eigenvalue weighted by molar-refractivity contribution is 14.1. The van der Waals surface area contributed by atoms with E-state index in [1.165, 1.54) is 6.21 Å². The molecule has 8 heteroatoms. The number of phenols is 1. The Morgan fingerprint density at radius 1 is 1.35 bits per heavy atom. The van der Waals surface area contributed by atoms with Gasteiger partial charge in [0.2, 0.25) is 0 Å². The van der Waals surface area contributed by atoms with E-state index in [-0.39, 0.29) is 16.9 Å². The molecule has 2 aromatic rings. The van der Waals surface area contributed by atoms with Crippen molar-refractivity contribution in [2.24, 2.45) is 5.10 Å². The monoisotopic (exact) mass is 538 g/mol. The molecule has 0 unspecified atom stereocenters. The van der Waals surface area contributed by atoms with Gasteiger partial charge in [0.15, 0.2) is 5.69 Å². The van der Waals surface area contributed by atoms with Gasteiger partial charge in [0.1, 0.15) is 5.75 Å². The fourth-order valence-electron chi connectivity index (χ4n) is 1.72. The van der Waals surface area contributed by atoms with E-state index in [9.17, 15) is 9.90 Å². The van der Waals surface area contributed by atoms with Gasteiger partial charge in [-0.2, -0.15) is 10.2 Å². The fourth-order valence-corrected chi connectivity index (χ4v) is 3.61. The van der Waals surface area contributed by atoms with Crippen molar-refractivity contribution in [3.63, 3.8) is 0 Å². The van der Waals surface area contributed by atoms with E-state index in [2.05, 4.69) is 43.3 Å². The summed E-state index contributed by atoms with van der Waals surface area (Å²) in [6, 6.07) is 5.33. The van der Waals surface area contributed by atoms with E-state index >= 15 is 0 Å². The van der Waals surface area contributed by atoms with Gasteiger partial charge in [-0.25, -0.2) is 5.43 Å². The Morgan fingerprint density at radius 2 is 2.04 bits per heavy atom. The van der Waals surface area contributed by atoms with Gasteiger partial charge in [0.25, 0.3) is 5.91 Å². The van der Waals surface area contributed by atoms with Crippen molar-refractivity contribution in [1.82, 2.24) is 15.6 Å². The first-order valence-corrected chi connectivity index (χ1v) is 8.91. The second-order valence-corrected chi connectivity index (χ2v) is 8.35. The Morgan fingerprint density at radius 3 is 2.65 bits per heavy atom. The van der Waals surface area contributed by atoms with Crippen LogP contribution in [0.3, 0.4) is 0 Å². The van der Waals surface area contributed by atoms with Crippen LogP contribution < -0.4 is 5.43 Å². The van der Waals surface area contributed by atoms with Crippen LogP contribution in [0.25, 0.3) is 0 Å². The van der Waals surface area contributed by atoms with Crippen LogP contribution in [0.4, 0.5) is 0 Å². The predicted octanol–water partition coefficient (Wildman–Crippen LogP) is 3.39. The molecule has 1 aromatic heterocycles. The highest BCUT2D eigenvalue weighted by atomic mass is 127. The third kappa shape index (κ3) is 4.66. The number of benzene rings is 1. The maximum atomic E-state index is 12.0. The number of hydrazone groups is 1. The van der Waals surface area contributed by atoms with E-state index in [0.29, 0.717) is 5.56 Å². The van der Waals surface area contributed by atoms with Crippen molar-refractivity contribution in [2.75, 3.05) is 0 Å². The van der Waals surface area contributed by atoms with Gasteiger partial charge < -0.3 is 5.11 Å². The highest BCUT2D eigenvalue weighted by Crippen LogP contribution is 2.25. The normalized spacial score (nSPS) is 11.9. The summed E-state index contributed by atoms with van der Waals surface area (Å²) in [5.74, 6) is -0.272. The average Bonchev–Trinajstić information content (AvgIpc) is 2.93. The van der Waals surface area contributed by atoms with Gasteiger partial charge in [-0.1, -0.05) is 20.8 Å². The number of carbonyl (C=O) groups excluding carboxylic acids is 1. The van der Waals surface area contributed by atoms with Crippen molar-refractivity contribution in [3.05, 3.63) is 42.3 Å². The minimum atomic E-state index is -0.409. The number of rotatable bonds is 3. The van der Waals surface area contributed by atoms with E-state index < -0.39 is 5.91 Å². The quantitative estimate of drug-likeness (QED) is 0.318. The number of H-pyrrole nitrogens is 1. The molecular weight excluding hydrogens is 522 g/mol. The lowest BCUT2D eigenvalue weighted by Crippen LogP contribution is -2.18. The van der Waals surface area contributed by atoms with E-state index in [1.54, 1.807) is 12.1 Å². The Kier molecular flexibility index (Phi) is 5.65. The molecule has 0 fully saturated rings. The first kappa shape index (κ1) is 18.2. The molecule has 2 rings (SSSR count).